The monoisotopic (exact) mass is 328 g/mol. The van der Waals surface area contributed by atoms with Crippen molar-refractivity contribution in [3.8, 4) is 17.2 Å². The van der Waals surface area contributed by atoms with Gasteiger partial charge in [0.25, 0.3) is 5.89 Å². The Balaban J connectivity index is 1.73. The summed E-state index contributed by atoms with van der Waals surface area (Å²) in [6.45, 7) is 1.58. The van der Waals surface area contributed by atoms with Crippen molar-refractivity contribution < 1.29 is 13.9 Å². The molecule has 0 atom stereocenters. The van der Waals surface area contributed by atoms with Gasteiger partial charge in [-0.1, -0.05) is 23.7 Å². The number of rotatable bonds is 5. The molecule has 116 valence electrons. The maximum atomic E-state index is 11.6. The number of carbonyl (C=O) groups is 1. The molecule has 5 nitrogen and oxygen atoms in total. The van der Waals surface area contributed by atoms with Crippen LogP contribution in [0.2, 0.25) is 5.02 Å². The minimum atomic E-state index is -0.0621. The molecule has 3 rings (SSSR count). The number of ether oxygens (including phenoxy) is 1. The third kappa shape index (κ3) is 3.57. The number of halogens is 1. The lowest BCUT2D eigenvalue weighted by molar-refractivity contribution is 0.101. The summed E-state index contributed by atoms with van der Waals surface area (Å²) in [6.07, 6.45) is 0. The smallest absolute Gasteiger partial charge is 0.254 e. The molecule has 23 heavy (non-hydrogen) atoms. The van der Waals surface area contributed by atoms with Crippen LogP contribution in [-0.2, 0) is 6.61 Å². The molecule has 1 heterocycles. The minimum Gasteiger partial charge on any atom is -0.483 e. The van der Waals surface area contributed by atoms with Crippen LogP contribution >= 0.6 is 11.6 Å². The summed E-state index contributed by atoms with van der Waals surface area (Å²) < 4.78 is 11.2. The third-order valence-electron chi connectivity index (χ3n) is 3.18. The first-order chi connectivity index (χ1) is 11.1. The molecule has 0 fully saturated rings. The Bertz CT molecular complexity index is 828. The SMILES string of the molecule is CC(=O)c1ccccc1OCc1nnc(-c2ccc(Cl)cc2)o1. The molecule has 0 saturated heterocycles. The number of Topliss-reactive ketones (excluding diaryl/α,β-unsaturated/α-hetero) is 1. The van der Waals surface area contributed by atoms with Crippen molar-refractivity contribution in [2.24, 2.45) is 0 Å². The zero-order chi connectivity index (χ0) is 16.2. The van der Waals surface area contributed by atoms with Crippen molar-refractivity contribution in [2.75, 3.05) is 0 Å². The summed E-state index contributed by atoms with van der Waals surface area (Å²) in [5.41, 5.74) is 1.29. The molecule has 0 aliphatic heterocycles. The Labute approximate surface area is 137 Å². The van der Waals surface area contributed by atoms with Crippen molar-refractivity contribution in [2.45, 2.75) is 13.5 Å². The molecule has 0 radical (unpaired) electrons. The van der Waals surface area contributed by atoms with Gasteiger partial charge in [-0.05, 0) is 43.3 Å². The normalized spacial score (nSPS) is 10.5. The maximum Gasteiger partial charge on any atom is 0.254 e. The molecule has 0 spiro atoms. The van der Waals surface area contributed by atoms with Gasteiger partial charge in [-0.3, -0.25) is 4.79 Å². The molecule has 6 heteroatoms. The zero-order valence-corrected chi connectivity index (χ0v) is 13.1. The maximum absolute atomic E-state index is 11.6. The van der Waals surface area contributed by atoms with E-state index in [1.54, 1.807) is 48.5 Å². The van der Waals surface area contributed by atoms with Gasteiger partial charge in [-0.2, -0.15) is 0 Å². The fraction of sp³-hybridized carbons (Fsp3) is 0.118. The molecule has 0 aliphatic carbocycles. The standard InChI is InChI=1S/C17H13ClN2O3/c1-11(21)14-4-2-3-5-15(14)22-10-16-19-20-17(23-16)12-6-8-13(18)9-7-12/h2-9H,10H2,1H3. The number of nitrogens with zero attached hydrogens (tertiary/aromatic N) is 2. The van der Waals surface area contributed by atoms with Crippen LogP contribution in [0.1, 0.15) is 23.2 Å². The van der Waals surface area contributed by atoms with Gasteiger partial charge in [-0.25, -0.2) is 0 Å². The summed E-state index contributed by atoms with van der Waals surface area (Å²) in [5.74, 6) is 1.15. The second kappa shape index (κ2) is 6.62. The number of aromatic nitrogens is 2. The average molecular weight is 329 g/mol. The van der Waals surface area contributed by atoms with Crippen molar-refractivity contribution in [3.63, 3.8) is 0 Å². The van der Waals surface area contributed by atoms with E-state index in [1.807, 2.05) is 0 Å². The Morgan fingerprint density at radius 3 is 2.61 bits per heavy atom. The first-order valence-corrected chi connectivity index (χ1v) is 7.32. The molecule has 1 aromatic heterocycles. The number of benzene rings is 2. The van der Waals surface area contributed by atoms with Gasteiger partial charge in [-0.15, -0.1) is 10.2 Å². The lowest BCUT2D eigenvalue weighted by Crippen LogP contribution is -2.01. The topological polar surface area (TPSA) is 65.2 Å². The lowest BCUT2D eigenvalue weighted by Gasteiger charge is -2.07. The van der Waals surface area contributed by atoms with Crippen LogP contribution in [0.3, 0.4) is 0 Å². The van der Waals surface area contributed by atoms with E-state index in [2.05, 4.69) is 10.2 Å². The molecule has 0 unspecified atom stereocenters. The first-order valence-electron chi connectivity index (χ1n) is 6.94. The molecule has 0 N–H and O–H groups in total. The molecular formula is C17H13ClN2O3. The van der Waals surface area contributed by atoms with Crippen LogP contribution in [0.25, 0.3) is 11.5 Å². The zero-order valence-electron chi connectivity index (χ0n) is 12.3. The summed E-state index contributed by atoms with van der Waals surface area (Å²) in [6, 6.07) is 14.1. The first kappa shape index (κ1) is 15.2. The fourth-order valence-corrected chi connectivity index (χ4v) is 2.17. The number of hydrogen-bond donors (Lipinski definition) is 0. The van der Waals surface area contributed by atoms with E-state index >= 15 is 0 Å². The highest BCUT2D eigenvalue weighted by atomic mass is 35.5. The molecule has 2 aromatic carbocycles. The summed E-state index contributed by atoms with van der Waals surface area (Å²) >= 11 is 5.85. The summed E-state index contributed by atoms with van der Waals surface area (Å²) in [4.78, 5) is 11.6. The highest BCUT2D eigenvalue weighted by molar-refractivity contribution is 6.30. The van der Waals surface area contributed by atoms with E-state index in [0.717, 1.165) is 5.56 Å². The van der Waals surface area contributed by atoms with E-state index in [9.17, 15) is 4.79 Å². The van der Waals surface area contributed by atoms with Gasteiger partial charge in [0.1, 0.15) is 5.75 Å². The van der Waals surface area contributed by atoms with E-state index in [1.165, 1.54) is 6.92 Å². The molecule has 0 amide bonds. The molecule has 0 aliphatic rings. The average Bonchev–Trinajstić information content (AvgIpc) is 3.03. The van der Waals surface area contributed by atoms with Crippen LogP contribution in [0.4, 0.5) is 0 Å². The lowest BCUT2D eigenvalue weighted by atomic mass is 10.1. The second-order valence-corrected chi connectivity index (χ2v) is 5.29. The van der Waals surface area contributed by atoms with Crippen LogP contribution < -0.4 is 4.74 Å². The van der Waals surface area contributed by atoms with Gasteiger partial charge in [0.05, 0.1) is 5.56 Å². The van der Waals surface area contributed by atoms with Gasteiger partial charge in [0.2, 0.25) is 5.89 Å². The molecule has 3 aromatic rings. The van der Waals surface area contributed by atoms with Crippen molar-refractivity contribution >= 4 is 17.4 Å². The molecular weight excluding hydrogens is 316 g/mol. The minimum absolute atomic E-state index is 0.0621. The Morgan fingerprint density at radius 1 is 1.13 bits per heavy atom. The predicted molar refractivity (Wildman–Crippen MR) is 85.5 cm³/mol. The molecule has 0 saturated carbocycles. The Morgan fingerprint density at radius 2 is 1.87 bits per heavy atom. The van der Waals surface area contributed by atoms with Gasteiger partial charge in [0, 0.05) is 10.6 Å². The van der Waals surface area contributed by atoms with E-state index in [4.69, 9.17) is 20.8 Å². The van der Waals surface area contributed by atoms with E-state index in [0.29, 0.717) is 28.1 Å². The van der Waals surface area contributed by atoms with Crippen LogP contribution in [0.5, 0.6) is 5.75 Å². The molecule has 0 bridgehead atoms. The quantitative estimate of drug-likeness (QED) is 0.657. The van der Waals surface area contributed by atoms with Crippen LogP contribution in [0, 0.1) is 0 Å². The second-order valence-electron chi connectivity index (χ2n) is 4.85. The Hall–Kier alpha value is -2.66. The van der Waals surface area contributed by atoms with Gasteiger partial charge >= 0.3 is 0 Å². The van der Waals surface area contributed by atoms with Crippen LogP contribution in [-0.4, -0.2) is 16.0 Å². The number of para-hydroxylation sites is 1. The van der Waals surface area contributed by atoms with E-state index in [-0.39, 0.29) is 12.4 Å². The fourth-order valence-electron chi connectivity index (χ4n) is 2.04. The third-order valence-corrected chi connectivity index (χ3v) is 3.43. The van der Waals surface area contributed by atoms with Crippen molar-refractivity contribution in [1.29, 1.82) is 0 Å². The number of hydrogen-bond acceptors (Lipinski definition) is 5. The highest BCUT2D eigenvalue weighted by Crippen LogP contribution is 2.22. The predicted octanol–water partition coefficient (Wildman–Crippen LogP) is 4.17. The largest absolute Gasteiger partial charge is 0.483 e. The van der Waals surface area contributed by atoms with Gasteiger partial charge in [0.15, 0.2) is 12.4 Å². The van der Waals surface area contributed by atoms with Gasteiger partial charge < -0.3 is 9.15 Å². The number of carbonyl (C=O) groups excluding carboxylic acids is 1. The summed E-state index contributed by atoms with van der Waals surface area (Å²) in [5, 5.41) is 8.56. The van der Waals surface area contributed by atoms with Crippen LogP contribution in [0.15, 0.2) is 52.9 Å². The summed E-state index contributed by atoms with van der Waals surface area (Å²) in [7, 11) is 0. The highest BCUT2D eigenvalue weighted by Gasteiger charge is 2.11. The Kier molecular flexibility index (Phi) is 4.39. The number of ketones is 1. The van der Waals surface area contributed by atoms with E-state index < -0.39 is 0 Å². The van der Waals surface area contributed by atoms with Crippen molar-refractivity contribution in [3.05, 3.63) is 65.0 Å². The van der Waals surface area contributed by atoms with Crippen molar-refractivity contribution in [1.82, 2.24) is 10.2 Å².